The molecule has 0 saturated carbocycles. The predicted octanol–water partition coefficient (Wildman–Crippen LogP) is 3.00. The quantitative estimate of drug-likeness (QED) is 0.495. The molecule has 0 spiro atoms. The predicted molar refractivity (Wildman–Crippen MR) is 120 cm³/mol. The van der Waals surface area contributed by atoms with Gasteiger partial charge in [0.05, 0.1) is 30.3 Å². The maximum absolute atomic E-state index is 12.7. The first-order valence-corrected chi connectivity index (χ1v) is 10.3. The van der Waals surface area contributed by atoms with Crippen molar-refractivity contribution in [1.29, 1.82) is 0 Å². The van der Waals surface area contributed by atoms with Crippen LogP contribution in [-0.4, -0.2) is 37.3 Å². The Hall–Kier alpha value is -3.52. The fourth-order valence-electron chi connectivity index (χ4n) is 3.71. The van der Waals surface area contributed by atoms with Gasteiger partial charge in [-0.2, -0.15) is 5.10 Å². The first-order chi connectivity index (χ1) is 15.0. The van der Waals surface area contributed by atoms with Crippen LogP contribution in [0.4, 0.5) is 0 Å². The van der Waals surface area contributed by atoms with Crippen molar-refractivity contribution in [3.8, 4) is 28.4 Å². The van der Waals surface area contributed by atoms with Crippen molar-refractivity contribution in [1.82, 2.24) is 24.1 Å². The molecule has 0 aromatic carbocycles. The normalized spacial score (nSPS) is 12.4. The first-order valence-electron chi connectivity index (χ1n) is 10.3. The van der Waals surface area contributed by atoms with Gasteiger partial charge in [-0.05, 0) is 42.7 Å². The van der Waals surface area contributed by atoms with E-state index in [4.69, 9.17) is 15.6 Å². The van der Waals surface area contributed by atoms with Gasteiger partial charge in [-0.25, -0.2) is 14.5 Å². The molecule has 4 rings (SSSR count). The largest absolute Gasteiger partial charge is 0.481 e. The highest BCUT2D eigenvalue weighted by Gasteiger charge is 2.14. The van der Waals surface area contributed by atoms with E-state index in [2.05, 4.69) is 23.8 Å². The zero-order chi connectivity index (χ0) is 22.0. The Kier molecular flexibility index (Phi) is 5.81. The number of nitrogens with zero attached hydrogens (tertiary/aromatic N) is 5. The van der Waals surface area contributed by atoms with Crippen LogP contribution in [0.15, 0.2) is 59.8 Å². The second-order valence-electron chi connectivity index (χ2n) is 7.99. The van der Waals surface area contributed by atoms with Crippen LogP contribution in [0.3, 0.4) is 0 Å². The lowest BCUT2D eigenvalue weighted by Crippen LogP contribution is -2.32. The van der Waals surface area contributed by atoms with Crippen molar-refractivity contribution >= 4 is 5.65 Å². The number of hydrogen-bond acceptors (Lipinski definition) is 6. The Morgan fingerprint density at radius 3 is 2.74 bits per heavy atom. The van der Waals surface area contributed by atoms with E-state index < -0.39 is 0 Å². The van der Waals surface area contributed by atoms with Crippen molar-refractivity contribution in [3.63, 3.8) is 0 Å². The summed E-state index contributed by atoms with van der Waals surface area (Å²) in [6.45, 7) is 4.74. The van der Waals surface area contributed by atoms with Gasteiger partial charge >= 0.3 is 0 Å². The average molecular weight is 419 g/mol. The molecule has 0 aliphatic heterocycles. The van der Waals surface area contributed by atoms with Gasteiger partial charge in [-0.1, -0.05) is 13.8 Å². The number of aromatic nitrogens is 5. The number of rotatable bonds is 7. The topological polar surface area (TPSA) is 100 Å². The minimum atomic E-state index is -0.0987. The second-order valence-corrected chi connectivity index (χ2v) is 7.99. The summed E-state index contributed by atoms with van der Waals surface area (Å²) in [6, 6.07) is 10.9. The van der Waals surface area contributed by atoms with Crippen molar-refractivity contribution in [2.45, 2.75) is 32.9 Å². The van der Waals surface area contributed by atoms with Gasteiger partial charge in [0.15, 0.2) is 5.65 Å². The van der Waals surface area contributed by atoms with Gasteiger partial charge < -0.3 is 15.0 Å². The molecule has 4 heterocycles. The molecule has 4 aromatic rings. The minimum Gasteiger partial charge on any atom is -0.481 e. The molecule has 0 saturated heterocycles. The molecule has 0 aliphatic rings. The lowest BCUT2D eigenvalue weighted by atomic mass is 10.0. The van der Waals surface area contributed by atoms with Crippen LogP contribution < -0.4 is 16.0 Å². The summed E-state index contributed by atoms with van der Waals surface area (Å²) in [6.07, 6.45) is 6.06. The highest BCUT2D eigenvalue weighted by Crippen LogP contribution is 2.28. The maximum atomic E-state index is 12.7. The Morgan fingerprint density at radius 1 is 1.16 bits per heavy atom. The van der Waals surface area contributed by atoms with Crippen LogP contribution in [0, 0.1) is 5.92 Å². The van der Waals surface area contributed by atoms with E-state index in [1.165, 1.54) is 0 Å². The number of pyridine rings is 2. The average Bonchev–Trinajstić information content (AvgIpc) is 3.17. The van der Waals surface area contributed by atoms with E-state index in [9.17, 15) is 4.79 Å². The fourth-order valence-corrected chi connectivity index (χ4v) is 3.71. The van der Waals surface area contributed by atoms with Crippen molar-refractivity contribution in [2.75, 3.05) is 7.11 Å². The summed E-state index contributed by atoms with van der Waals surface area (Å²) in [7, 11) is 1.58. The molecule has 160 valence electrons. The van der Waals surface area contributed by atoms with Crippen molar-refractivity contribution < 1.29 is 4.74 Å². The molecule has 0 fully saturated rings. The van der Waals surface area contributed by atoms with Crippen LogP contribution in [0.5, 0.6) is 5.88 Å². The number of imidazole rings is 1. The van der Waals surface area contributed by atoms with Crippen molar-refractivity contribution in [3.05, 3.63) is 65.3 Å². The molecule has 0 radical (unpaired) electrons. The second kappa shape index (κ2) is 8.69. The molecule has 2 N–H and O–H groups in total. The third-order valence-corrected chi connectivity index (χ3v) is 5.10. The summed E-state index contributed by atoms with van der Waals surface area (Å²) in [5.74, 6) is 0.987. The lowest BCUT2D eigenvalue weighted by molar-refractivity contribution is 0.399. The Labute approximate surface area is 180 Å². The molecule has 0 unspecified atom stereocenters. The van der Waals surface area contributed by atoms with E-state index in [0.29, 0.717) is 29.7 Å². The van der Waals surface area contributed by atoms with E-state index >= 15 is 0 Å². The van der Waals surface area contributed by atoms with Gasteiger partial charge in [-0.3, -0.25) is 4.79 Å². The summed E-state index contributed by atoms with van der Waals surface area (Å²) in [5, 5.41) is 4.73. The highest BCUT2D eigenvalue weighted by atomic mass is 16.5. The van der Waals surface area contributed by atoms with E-state index in [-0.39, 0.29) is 11.6 Å². The van der Waals surface area contributed by atoms with Gasteiger partial charge in [0.2, 0.25) is 5.88 Å². The number of methoxy groups -OCH3 is 1. The number of fused-ring (bicyclic) bond motifs is 1. The lowest BCUT2D eigenvalue weighted by Gasteiger charge is -2.15. The van der Waals surface area contributed by atoms with Crippen LogP contribution in [-0.2, 0) is 6.54 Å². The zero-order valence-electron chi connectivity index (χ0n) is 17.9. The number of ether oxygens (including phenoxy) is 1. The molecule has 31 heavy (non-hydrogen) atoms. The van der Waals surface area contributed by atoms with E-state index in [1.807, 2.05) is 30.3 Å². The Morgan fingerprint density at radius 2 is 2.00 bits per heavy atom. The monoisotopic (exact) mass is 418 g/mol. The van der Waals surface area contributed by atoms with E-state index in [1.54, 1.807) is 40.8 Å². The summed E-state index contributed by atoms with van der Waals surface area (Å²) >= 11 is 0. The van der Waals surface area contributed by atoms with Crippen LogP contribution in [0.2, 0.25) is 0 Å². The van der Waals surface area contributed by atoms with Crippen LogP contribution in [0.25, 0.3) is 28.2 Å². The fraction of sp³-hybridized carbons (Fsp3) is 0.304. The highest BCUT2D eigenvalue weighted by molar-refractivity contribution is 5.69. The molecule has 8 heteroatoms. The van der Waals surface area contributed by atoms with E-state index in [0.717, 1.165) is 23.2 Å². The van der Waals surface area contributed by atoms with Gasteiger partial charge in [0, 0.05) is 36.6 Å². The van der Waals surface area contributed by atoms with Gasteiger partial charge in [-0.15, -0.1) is 0 Å². The Balaban J connectivity index is 1.69. The molecule has 4 aromatic heterocycles. The smallest absolute Gasteiger partial charge is 0.251 e. The van der Waals surface area contributed by atoms with Crippen molar-refractivity contribution in [2.24, 2.45) is 11.7 Å². The first kappa shape index (κ1) is 20.7. The third-order valence-electron chi connectivity index (χ3n) is 5.10. The van der Waals surface area contributed by atoms with Gasteiger partial charge in [0.25, 0.3) is 5.56 Å². The van der Waals surface area contributed by atoms with Gasteiger partial charge in [0.1, 0.15) is 0 Å². The summed E-state index contributed by atoms with van der Waals surface area (Å²) < 4.78 is 8.77. The summed E-state index contributed by atoms with van der Waals surface area (Å²) in [5.41, 5.74) is 9.72. The number of hydrogen-bond donors (Lipinski definition) is 1. The molecule has 0 amide bonds. The molecular formula is C23H26N6O2. The Bertz CT molecular complexity index is 1260. The SMILES string of the molecule is COc1ncccc1-c1cnc2ccc(-c3ccn(C[C@@H](N)CC(C)C)c(=O)c3)nn12. The van der Waals surface area contributed by atoms with Crippen LogP contribution in [0.1, 0.15) is 20.3 Å². The minimum absolute atomic E-state index is 0.0546. The molecule has 8 nitrogen and oxygen atoms in total. The third kappa shape index (κ3) is 4.34. The maximum Gasteiger partial charge on any atom is 0.251 e. The molecular weight excluding hydrogens is 392 g/mol. The molecule has 1 atom stereocenters. The number of nitrogens with two attached hydrogens (primary N) is 1. The zero-order valence-corrected chi connectivity index (χ0v) is 17.9. The summed E-state index contributed by atoms with van der Waals surface area (Å²) in [4.78, 5) is 21.3. The molecule has 0 aliphatic carbocycles. The standard InChI is InChI=1S/C23H26N6O2/c1-15(2)11-17(24)14-28-10-8-16(12-22(28)30)19-6-7-21-26-13-20(29(21)27-19)18-5-4-9-25-23(18)31-3/h4-10,12-13,15,17H,11,14,24H2,1-3H3/t17-/m0/s1. The molecule has 0 bridgehead atoms. The van der Waals surface area contributed by atoms with Crippen LogP contribution >= 0.6 is 0 Å².